The number of hydrogen-bond donors (Lipinski definition) is 1. The molecule has 0 fully saturated rings. The Morgan fingerprint density at radius 2 is 1.81 bits per heavy atom. The van der Waals surface area contributed by atoms with Gasteiger partial charge in [0.05, 0.1) is 26.1 Å². The van der Waals surface area contributed by atoms with Crippen molar-refractivity contribution in [2.45, 2.75) is 13.1 Å². The van der Waals surface area contributed by atoms with Crippen LogP contribution in [0.25, 0.3) is 22.5 Å². The maximum absolute atomic E-state index is 12.9. The standard InChI is InChI=1S/C29H26N4O4/c1-35-23-11-12-27(36-2)25(15-23)28-16-26(32-37-28)29(34)31-17-22-5-3-4-6-24(22)21-9-7-20(8-10-21)18-33-14-13-30-19-33/h3-16,19H,17-18H2,1-2H3,(H,31,34). The number of imidazole rings is 1. The van der Waals surface area contributed by atoms with Gasteiger partial charge in [-0.1, -0.05) is 53.7 Å². The van der Waals surface area contributed by atoms with Crippen molar-refractivity contribution in [1.82, 2.24) is 20.0 Å². The number of carbonyl (C=O) groups excluding carboxylic acids is 1. The molecular formula is C29H26N4O4. The lowest BCUT2D eigenvalue weighted by Crippen LogP contribution is -2.23. The molecule has 0 bridgehead atoms. The normalized spacial score (nSPS) is 10.8. The Balaban J connectivity index is 1.29. The number of ether oxygens (including phenoxy) is 2. The van der Waals surface area contributed by atoms with E-state index in [4.69, 9.17) is 14.0 Å². The van der Waals surface area contributed by atoms with Gasteiger partial charge in [-0.3, -0.25) is 4.79 Å². The third-order valence-electron chi connectivity index (χ3n) is 6.06. The molecule has 2 aromatic heterocycles. The SMILES string of the molecule is COc1ccc(OC)c(-c2cc(C(=O)NCc3ccccc3-c3ccc(Cn4ccnc4)cc3)no2)c1. The molecule has 1 N–H and O–H groups in total. The lowest BCUT2D eigenvalue weighted by molar-refractivity contribution is 0.0942. The summed E-state index contributed by atoms with van der Waals surface area (Å²) in [7, 11) is 3.15. The first-order valence-corrected chi connectivity index (χ1v) is 11.7. The van der Waals surface area contributed by atoms with Crippen LogP contribution >= 0.6 is 0 Å². The zero-order valence-corrected chi connectivity index (χ0v) is 20.5. The Hall–Kier alpha value is -4.85. The summed E-state index contributed by atoms with van der Waals surface area (Å²) in [6.45, 7) is 1.11. The maximum atomic E-state index is 12.9. The molecule has 5 aromatic rings. The molecule has 1 amide bonds. The average molecular weight is 495 g/mol. The van der Waals surface area contributed by atoms with Gasteiger partial charge in [0.2, 0.25) is 0 Å². The molecule has 0 radical (unpaired) electrons. The van der Waals surface area contributed by atoms with Crippen molar-refractivity contribution in [1.29, 1.82) is 0 Å². The van der Waals surface area contributed by atoms with Gasteiger partial charge in [-0.2, -0.15) is 0 Å². The summed E-state index contributed by atoms with van der Waals surface area (Å²) in [4.78, 5) is 17.0. The molecule has 8 nitrogen and oxygen atoms in total. The molecule has 0 aliphatic carbocycles. The van der Waals surface area contributed by atoms with E-state index in [1.54, 1.807) is 51.0 Å². The van der Waals surface area contributed by atoms with Crippen LogP contribution < -0.4 is 14.8 Å². The van der Waals surface area contributed by atoms with E-state index in [9.17, 15) is 4.79 Å². The van der Waals surface area contributed by atoms with Crippen LogP contribution in [0.15, 0.2) is 96.0 Å². The second kappa shape index (κ2) is 10.8. The van der Waals surface area contributed by atoms with Gasteiger partial charge in [-0.15, -0.1) is 0 Å². The Bertz CT molecular complexity index is 1490. The minimum atomic E-state index is -0.331. The van der Waals surface area contributed by atoms with E-state index in [0.29, 0.717) is 29.4 Å². The molecule has 2 heterocycles. The zero-order chi connectivity index (χ0) is 25.6. The highest BCUT2D eigenvalue weighted by Gasteiger charge is 2.17. The fraction of sp³-hybridized carbons (Fsp3) is 0.138. The highest BCUT2D eigenvalue weighted by molar-refractivity contribution is 5.93. The van der Waals surface area contributed by atoms with Gasteiger partial charge < -0.3 is 23.9 Å². The van der Waals surface area contributed by atoms with E-state index in [-0.39, 0.29) is 11.6 Å². The molecule has 37 heavy (non-hydrogen) atoms. The molecule has 3 aromatic carbocycles. The number of benzene rings is 3. The summed E-state index contributed by atoms with van der Waals surface area (Å²) in [5, 5.41) is 6.92. The van der Waals surface area contributed by atoms with Crippen molar-refractivity contribution in [3.8, 4) is 33.9 Å². The minimum absolute atomic E-state index is 0.182. The topological polar surface area (TPSA) is 91.4 Å². The second-order valence-corrected chi connectivity index (χ2v) is 8.41. The van der Waals surface area contributed by atoms with E-state index >= 15 is 0 Å². The molecular weight excluding hydrogens is 468 g/mol. The molecule has 0 saturated heterocycles. The summed E-state index contributed by atoms with van der Waals surface area (Å²) < 4.78 is 18.2. The number of carbonyl (C=O) groups is 1. The molecule has 0 aliphatic heterocycles. The van der Waals surface area contributed by atoms with Crippen molar-refractivity contribution in [2.24, 2.45) is 0 Å². The minimum Gasteiger partial charge on any atom is -0.497 e. The van der Waals surface area contributed by atoms with Gasteiger partial charge in [0, 0.05) is 31.5 Å². The lowest BCUT2D eigenvalue weighted by Gasteiger charge is -2.11. The summed E-state index contributed by atoms with van der Waals surface area (Å²) in [5.41, 5.74) is 5.14. The number of aromatic nitrogens is 3. The fourth-order valence-electron chi connectivity index (χ4n) is 4.12. The van der Waals surface area contributed by atoms with Crippen LogP contribution in [-0.2, 0) is 13.1 Å². The summed E-state index contributed by atoms with van der Waals surface area (Å²) in [6.07, 6.45) is 5.52. The monoisotopic (exact) mass is 494 g/mol. The van der Waals surface area contributed by atoms with Crippen LogP contribution in [0.3, 0.4) is 0 Å². The molecule has 8 heteroatoms. The Labute approximate surface area is 214 Å². The fourth-order valence-corrected chi connectivity index (χ4v) is 4.12. The van der Waals surface area contributed by atoms with Gasteiger partial charge >= 0.3 is 0 Å². The van der Waals surface area contributed by atoms with Crippen molar-refractivity contribution >= 4 is 5.91 Å². The molecule has 0 unspecified atom stereocenters. The van der Waals surface area contributed by atoms with E-state index in [0.717, 1.165) is 23.2 Å². The summed E-state index contributed by atoms with van der Waals surface area (Å²) >= 11 is 0. The first-order valence-electron chi connectivity index (χ1n) is 11.7. The van der Waals surface area contributed by atoms with E-state index < -0.39 is 0 Å². The van der Waals surface area contributed by atoms with Gasteiger partial charge in [0.1, 0.15) is 11.5 Å². The Morgan fingerprint density at radius 3 is 2.57 bits per heavy atom. The smallest absolute Gasteiger partial charge is 0.273 e. The second-order valence-electron chi connectivity index (χ2n) is 8.41. The number of methoxy groups -OCH3 is 2. The predicted molar refractivity (Wildman–Crippen MR) is 139 cm³/mol. The van der Waals surface area contributed by atoms with Crippen molar-refractivity contribution < 1.29 is 18.8 Å². The summed E-state index contributed by atoms with van der Waals surface area (Å²) in [5.74, 6) is 1.32. The maximum Gasteiger partial charge on any atom is 0.273 e. The third kappa shape index (κ3) is 5.38. The summed E-state index contributed by atoms with van der Waals surface area (Å²) in [6, 6.07) is 23.3. The van der Waals surface area contributed by atoms with E-state index in [1.807, 2.05) is 29.0 Å². The molecule has 5 rings (SSSR count). The van der Waals surface area contributed by atoms with E-state index in [1.165, 1.54) is 5.56 Å². The van der Waals surface area contributed by atoms with Crippen LogP contribution in [0, 0.1) is 0 Å². The van der Waals surface area contributed by atoms with Gasteiger partial charge in [0.15, 0.2) is 11.5 Å². The zero-order valence-electron chi connectivity index (χ0n) is 20.5. The molecule has 0 spiro atoms. The number of nitrogens with one attached hydrogen (secondary N) is 1. The highest BCUT2D eigenvalue weighted by atomic mass is 16.5. The number of hydrogen-bond acceptors (Lipinski definition) is 6. The van der Waals surface area contributed by atoms with Crippen molar-refractivity contribution in [2.75, 3.05) is 14.2 Å². The average Bonchev–Trinajstić information content (AvgIpc) is 3.65. The third-order valence-corrected chi connectivity index (χ3v) is 6.06. The first kappa shape index (κ1) is 23.9. The highest BCUT2D eigenvalue weighted by Crippen LogP contribution is 2.33. The number of amides is 1. The number of rotatable bonds is 9. The van der Waals surface area contributed by atoms with Crippen LogP contribution in [0.4, 0.5) is 0 Å². The van der Waals surface area contributed by atoms with Gasteiger partial charge in [0.25, 0.3) is 5.91 Å². The number of nitrogens with zero attached hydrogens (tertiary/aromatic N) is 3. The predicted octanol–water partition coefficient (Wildman–Crippen LogP) is 5.20. The van der Waals surface area contributed by atoms with Crippen molar-refractivity contribution in [3.63, 3.8) is 0 Å². The Kier molecular flexibility index (Phi) is 6.98. The Morgan fingerprint density at radius 1 is 0.973 bits per heavy atom. The van der Waals surface area contributed by atoms with Gasteiger partial charge in [-0.25, -0.2) is 4.98 Å². The van der Waals surface area contributed by atoms with Crippen molar-refractivity contribution in [3.05, 3.63) is 108 Å². The van der Waals surface area contributed by atoms with Crippen LogP contribution in [0.2, 0.25) is 0 Å². The molecule has 0 atom stereocenters. The van der Waals surface area contributed by atoms with E-state index in [2.05, 4.69) is 45.8 Å². The van der Waals surface area contributed by atoms with Crippen LogP contribution in [0.1, 0.15) is 21.6 Å². The van der Waals surface area contributed by atoms with Crippen LogP contribution in [0.5, 0.6) is 11.5 Å². The molecule has 0 aliphatic rings. The van der Waals surface area contributed by atoms with Gasteiger partial charge in [-0.05, 0) is 40.5 Å². The largest absolute Gasteiger partial charge is 0.497 e. The lowest BCUT2D eigenvalue weighted by atomic mass is 9.98. The molecule has 0 saturated carbocycles. The van der Waals surface area contributed by atoms with Crippen LogP contribution in [-0.4, -0.2) is 34.8 Å². The quantitative estimate of drug-likeness (QED) is 0.303. The first-order chi connectivity index (χ1) is 18.1. The molecule has 186 valence electrons.